The average Bonchev–Trinajstić information content (AvgIpc) is 2.74. The van der Waals surface area contributed by atoms with Crippen LogP contribution in [0, 0.1) is 0 Å². The van der Waals surface area contributed by atoms with Crippen LogP contribution in [0.3, 0.4) is 0 Å². The number of carbonyl (C=O) groups excluding carboxylic acids is 2. The van der Waals surface area contributed by atoms with Gasteiger partial charge in [0.15, 0.2) is 0 Å². The van der Waals surface area contributed by atoms with E-state index >= 15 is 0 Å². The third kappa shape index (κ3) is 2.76. The van der Waals surface area contributed by atoms with E-state index in [0.29, 0.717) is 11.3 Å². The fourth-order valence-electron chi connectivity index (χ4n) is 2.24. The maximum atomic E-state index is 12.1. The first-order chi connectivity index (χ1) is 9.54. The van der Waals surface area contributed by atoms with Gasteiger partial charge in [0, 0.05) is 18.0 Å². The first-order valence-electron chi connectivity index (χ1n) is 6.69. The number of methoxy groups -OCH3 is 1. The summed E-state index contributed by atoms with van der Waals surface area (Å²) in [6.07, 6.45) is 0.222. The third-order valence-corrected chi connectivity index (χ3v) is 3.63. The number of benzene rings is 1. The van der Waals surface area contributed by atoms with E-state index in [2.05, 4.69) is 17.0 Å². The second kappa shape index (κ2) is 5.94. The number of nitrogens with one attached hydrogen (secondary N) is 1. The normalized spacial score (nSPS) is 19.9. The number of para-hydroxylation sites is 1. The molecule has 5 heteroatoms. The molecule has 1 aliphatic rings. The van der Waals surface area contributed by atoms with Crippen LogP contribution < -0.4 is 10.1 Å². The van der Waals surface area contributed by atoms with Gasteiger partial charge >= 0.3 is 5.97 Å². The van der Waals surface area contributed by atoms with Crippen molar-refractivity contribution in [2.45, 2.75) is 32.3 Å². The van der Waals surface area contributed by atoms with E-state index in [1.807, 2.05) is 19.1 Å². The number of ether oxygens (including phenoxy) is 2. The van der Waals surface area contributed by atoms with Gasteiger partial charge in [-0.1, -0.05) is 19.1 Å². The molecule has 2 atom stereocenters. The smallest absolute Gasteiger partial charge is 0.307 e. The van der Waals surface area contributed by atoms with Crippen molar-refractivity contribution in [3.05, 3.63) is 29.3 Å². The van der Waals surface area contributed by atoms with Crippen molar-refractivity contribution in [3.8, 4) is 5.75 Å². The molecular weight excluding hydrogens is 258 g/mol. The Kier molecular flexibility index (Phi) is 4.27. The predicted molar refractivity (Wildman–Crippen MR) is 73.9 cm³/mol. The minimum Gasteiger partial charge on any atom is -0.489 e. The predicted octanol–water partition coefficient (Wildman–Crippen LogP) is 1.86. The van der Waals surface area contributed by atoms with Crippen LogP contribution in [0.2, 0.25) is 0 Å². The Morgan fingerprint density at radius 3 is 2.80 bits per heavy atom. The molecule has 0 bridgehead atoms. The molecular formula is C15H19NO4. The number of esters is 1. The molecule has 5 nitrogen and oxygen atoms in total. The van der Waals surface area contributed by atoms with E-state index in [4.69, 9.17) is 4.74 Å². The number of carbonyl (C=O) groups is 2. The van der Waals surface area contributed by atoms with Crippen molar-refractivity contribution < 1.29 is 19.1 Å². The number of fused-ring (bicyclic) bond motifs is 1. The second-order valence-corrected chi connectivity index (χ2v) is 4.92. The van der Waals surface area contributed by atoms with Gasteiger partial charge in [-0.15, -0.1) is 0 Å². The summed E-state index contributed by atoms with van der Waals surface area (Å²) >= 11 is 0. The molecule has 108 valence electrons. The summed E-state index contributed by atoms with van der Waals surface area (Å²) in [6, 6.07) is 5.57. The number of hydrogen-bond acceptors (Lipinski definition) is 4. The van der Waals surface area contributed by atoms with Crippen LogP contribution in [0.15, 0.2) is 18.2 Å². The number of hydrogen-bond donors (Lipinski definition) is 1. The van der Waals surface area contributed by atoms with Gasteiger partial charge in [0.2, 0.25) is 0 Å². The molecule has 2 rings (SSSR count). The van der Waals surface area contributed by atoms with E-state index in [1.54, 1.807) is 6.07 Å². The van der Waals surface area contributed by atoms with Crippen LogP contribution in [0.4, 0.5) is 0 Å². The highest BCUT2D eigenvalue weighted by molar-refractivity contribution is 5.97. The maximum Gasteiger partial charge on any atom is 0.307 e. The second-order valence-electron chi connectivity index (χ2n) is 4.92. The minimum absolute atomic E-state index is 0.0639. The summed E-state index contributed by atoms with van der Waals surface area (Å²) in [5.41, 5.74) is 1.57. The number of rotatable bonds is 4. The Morgan fingerprint density at radius 1 is 1.35 bits per heavy atom. The molecule has 1 heterocycles. The van der Waals surface area contributed by atoms with Crippen molar-refractivity contribution in [1.29, 1.82) is 0 Å². The van der Waals surface area contributed by atoms with Crippen molar-refractivity contribution in [2.24, 2.45) is 0 Å². The fraction of sp³-hybridized carbons (Fsp3) is 0.467. The standard InChI is InChI=1S/C15H19NO4/c1-9-10(2)20-14-11(9)5-4-6-12(14)15(18)16-8-7-13(17)19-3/h4-6,9-10H,7-8H2,1-3H3,(H,16,18). The largest absolute Gasteiger partial charge is 0.489 e. The molecule has 0 aromatic heterocycles. The van der Waals surface area contributed by atoms with Crippen LogP contribution in [0.1, 0.15) is 42.1 Å². The Bertz CT molecular complexity index is 527. The summed E-state index contributed by atoms with van der Waals surface area (Å²) < 4.78 is 10.3. The zero-order valence-corrected chi connectivity index (χ0v) is 11.9. The van der Waals surface area contributed by atoms with Crippen molar-refractivity contribution >= 4 is 11.9 Å². The van der Waals surface area contributed by atoms with E-state index in [1.165, 1.54) is 7.11 Å². The topological polar surface area (TPSA) is 64.6 Å². The van der Waals surface area contributed by atoms with Crippen molar-refractivity contribution in [3.63, 3.8) is 0 Å². The van der Waals surface area contributed by atoms with Gasteiger partial charge in [0.25, 0.3) is 5.91 Å². The van der Waals surface area contributed by atoms with Crippen LogP contribution in [0.25, 0.3) is 0 Å². The summed E-state index contributed by atoms with van der Waals surface area (Å²) in [5, 5.41) is 2.70. The molecule has 1 N–H and O–H groups in total. The summed E-state index contributed by atoms with van der Waals surface area (Å²) in [6.45, 7) is 4.32. The Morgan fingerprint density at radius 2 is 2.10 bits per heavy atom. The number of amides is 1. The summed E-state index contributed by atoms with van der Waals surface area (Å²) in [5.74, 6) is 0.352. The Labute approximate surface area is 118 Å². The Hall–Kier alpha value is -2.04. The van der Waals surface area contributed by atoms with Gasteiger partial charge in [-0.05, 0) is 13.0 Å². The van der Waals surface area contributed by atoms with Gasteiger partial charge < -0.3 is 14.8 Å². The van der Waals surface area contributed by atoms with Gasteiger partial charge in [-0.25, -0.2) is 0 Å². The monoisotopic (exact) mass is 277 g/mol. The first kappa shape index (κ1) is 14.4. The molecule has 0 radical (unpaired) electrons. The maximum absolute atomic E-state index is 12.1. The van der Waals surface area contributed by atoms with E-state index in [0.717, 1.165) is 5.56 Å². The fourth-order valence-corrected chi connectivity index (χ4v) is 2.24. The highest BCUT2D eigenvalue weighted by Crippen LogP contribution is 2.40. The lowest BCUT2D eigenvalue weighted by Crippen LogP contribution is -2.26. The lowest BCUT2D eigenvalue weighted by Gasteiger charge is -2.09. The van der Waals surface area contributed by atoms with Crippen LogP contribution in [0.5, 0.6) is 5.75 Å². The molecule has 0 aliphatic carbocycles. The van der Waals surface area contributed by atoms with E-state index < -0.39 is 0 Å². The zero-order chi connectivity index (χ0) is 14.7. The lowest BCUT2D eigenvalue weighted by atomic mass is 9.97. The highest BCUT2D eigenvalue weighted by atomic mass is 16.5. The van der Waals surface area contributed by atoms with E-state index in [-0.39, 0.29) is 36.9 Å². The molecule has 0 fully saturated rings. The molecule has 0 saturated heterocycles. The van der Waals surface area contributed by atoms with Gasteiger partial charge in [0.1, 0.15) is 11.9 Å². The highest BCUT2D eigenvalue weighted by Gasteiger charge is 2.30. The SMILES string of the molecule is COC(=O)CCNC(=O)c1cccc2c1OC(C)C2C. The Balaban J connectivity index is 2.07. The minimum atomic E-state index is -0.345. The quantitative estimate of drug-likeness (QED) is 0.853. The molecule has 1 amide bonds. The van der Waals surface area contributed by atoms with Crippen molar-refractivity contribution in [2.75, 3.05) is 13.7 Å². The van der Waals surface area contributed by atoms with E-state index in [9.17, 15) is 9.59 Å². The van der Waals surface area contributed by atoms with Crippen LogP contribution >= 0.6 is 0 Å². The van der Waals surface area contributed by atoms with Gasteiger partial charge in [0.05, 0.1) is 19.1 Å². The average molecular weight is 277 g/mol. The zero-order valence-electron chi connectivity index (χ0n) is 11.9. The van der Waals surface area contributed by atoms with Crippen LogP contribution in [-0.2, 0) is 9.53 Å². The van der Waals surface area contributed by atoms with Gasteiger partial charge in [-0.3, -0.25) is 9.59 Å². The van der Waals surface area contributed by atoms with Crippen LogP contribution in [-0.4, -0.2) is 31.6 Å². The third-order valence-electron chi connectivity index (χ3n) is 3.63. The molecule has 1 aromatic rings. The molecule has 1 aromatic carbocycles. The first-order valence-corrected chi connectivity index (χ1v) is 6.69. The molecule has 0 spiro atoms. The van der Waals surface area contributed by atoms with Crippen molar-refractivity contribution in [1.82, 2.24) is 5.32 Å². The van der Waals surface area contributed by atoms with Gasteiger partial charge in [-0.2, -0.15) is 0 Å². The summed E-state index contributed by atoms with van der Waals surface area (Å²) in [4.78, 5) is 23.1. The molecule has 2 unspecified atom stereocenters. The summed E-state index contributed by atoms with van der Waals surface area (Å²) in [7, 11) is 1.32. The lowest BCUT2D eigenvalue weighted by molar-refractivity contribution is -0.140. The molecule has 0 saturated carbocycles. The molecule has 20 heavy (non-hydrogen) atoms. The molecule has 1 aliphatic heterocycles.